The highest BCUT2D eigenvalue weighted by Crippen LogP contribution is 2.26. The Kier molecular flexibility index (Phi) is 8.96. The van der Waals surface area contributed by atoms with Crippen LogP contribution in [-0.2, 0) is 9.59 Å². The predicted octanol–water partition coefficient (Wildman–Crippen LogP) is 5.82. The van der Waals surface area contributed by atoms with Crippen LogP contribution in [0.2, 0.25) is 0 Å². The SMILES string of the molecule is Cc1ccc(/C=C(\NC(=O)c2ccccc2)C(=O)Nc2ccc(S[C@H](C)C(=O)Nc3cc(C)on3)cc2)cc1. The van der Waals surface area contributed by atoms with Crippen molar-refractivity contribution in [3.63, 3.8) is 0 Å². The molecule has 0 bridgehead atoms. The average Bonchev–Trinajstić information content (AvgIpc) is 3.35. The molecule has 3 N–H and O–H groups in total. The van der Waals surface area contributed by atoms with E-state index < -0.39 is 5.91 Å². The molecule has 0 unspecified atom stereocenters. The minimum atomic E-state index is -0.462. The number of aryl methyl sites for hydroxylation is 2. The van der Waals surface area contributed by atoms with Crippen LogP contribution in [0.3, 0.4) is 0 Å². The fourth-order valence-corrected chi connectivity index (χ4v) is 4.37. The van der Waals surface area contributed by atoms with E-state index in [2.05, 4.69) is 21.1 Å². The molecular formula is C30H28N4O4S. The number of rotatable bonds is 9. The molecule has 3 amide bonds. The van der Waals surface area contributed by atoms with Crippen molar-refractivity contribution in [1.29, 1.82) is 0 Å². The molecule has 8 nitrogen and oxygen atoms in total. The van der Waals surface area contributed by atoms with Crippen molar-refractivity contribution in [2.45, 2.75) is 30.9 Å². The van der Waals surface area contributed by atoms with Gasteiger partial charge in [0.2, 0.25) is 5.91 Å². The topological polar surface area (TPSA) is 113 Å². The van der Waals surface area contributed by atoms with Gasteiger partial charge in [0, 0.05) is 22.2 Å². The van der Waals surface area contributed by atoms with Crippen LogP contribution in [-0.4, -0.2) is 28.1 Å². The maximum Gasteiger partial charge on any atom is 0.272 e. The van der Waals surface area contributed by atoms with Crippen LogP contribution >= 0.6 is 11.8 Å². The van der Waals surface area contributed by atoms with Gasteiger partial charge in [-0.3, -0.25) is 14.4 Å². The largest absolute Gasteiger partial charge is 0.360 e. The Bertz CT molecular complexity index is 1480. The molecule has 1 heterocycles. The van der Waals surface area contributed by atoms with Gasteiger partial charge in [-0.25, -0.2) is 0 Å². The Labute approximate surface area is 230 Å². The lowest BCUT2D eigenvalue weighted by Gasteiger charge is -2.13. The molecule has 198 valence electrons. The van der Waals surface area contributed by atoms with Crippen molar-refractivity contribution in [3.05, 3.63) is 113 Å². The van der Waals surface area contributed by atoms with Crippen LogP contribution in [0.5, 0.6) is 0 Å². The second kappa shape index (κ2) is 12.7. The molecule has 39 heavy (non-hydrogen) atoms. The van der Waals surface area contributed by atoms with Gasteiger partial charge < -0.3 is 20.5 Å². The van der Waals surface area contributed by atoms with Crippen LogP contribution in [0, 0.1) is 13.8 Å². The van der Waals surface area contributed by atoms with Gasteiger partial charge in [-0.05, 0) is 68.8 Å². The first-order valence-corrected chi connectivity index (χ1v) is 13.1. The van der Waals surface area contributed by atoms with E-state index in [9.17, 15) is 14.4 Å². The van der Waals surface area contributed by atoms with Crippen molar-refractivity contribution < 1.29 is 18.9 Å². The number of benzene rings is 3. The first-order valence-electron chi connectivity index (χ1n) is 12.2. The van der Waals surface area contributed by atoms with E-state index in [0.29, 0.717) is 22.8 Å². The van der Waals surface area contributed by atoms with Gasteiger partial charge in [0.1, 0.15) is 11.5 Å². The molecule has 1 atom stereocenters. The number of thioether (sulfide) groups is 1. The third kappa shape index (κ3) is 7.93. The molecule has 1 aromatic heterocycles. The van der Waals surface area contributed by atoms with Gasteiger partial charge >= 0.3 is 0 Å². The zero-order valence-electron chi connectivity index (χ0n) is 21.7. The quantitative estimate of drug-likeness (QED) is 0.182. The normalized spacial score (nSPS) is 11.9. The van der Waals surface area contributed by atoms with Gasteiger partial charge in [-0.2, -0.15) is 0 Å². The smallest absolute Gasteiger partial charge is 0.272 e. The molecule has 0 aliphatic heterocycles. The Morgan fingerprint density at radius 3 is 2.23 bits per heavy atom. The van der Waals surface area contributed by atoms with Gasteiger partial charge in [-0.15, -0.1) is 11.8 Å². The summed E-state index contributed by atoms with van der Waals surface area (Å²) in [6.07, 6.45) is 1.64. The highest BCUT2D eigenvalue weighted by Gasteiger charge is 2.17. The van der Waals surface area contributed by atoms with Gasteiger partial charge in [0.05, 0.1) is 5.25 Å². The molecule has 0 spiro atoms. The molecule has 0 aliphatic carbocycles. The monoisotopic (exact) mass is 540 g/mol. The summed E-state index contributed by atoms with van der Waals surface area (Å²) in [5, 5.41) is 11.7. The molecule has 0 radical (unpaired) electrons. The fraction of sp³-hybridized carbons (Fsp3) is 0.133. The maximum atomic E-state index is 13.2. The number of hydrogen-bond acceptors (Lipinski definition) is 6. The number of carbonyl (C=O) groups excluding carboxylic acids is 3. The number of aromatic nitrogens is 1. The molecule has 0 saturated heterocycles. The summed E-state index contributed by atoms with van der Waals surface area (Å²) in [4.78, 5) is 39.3. The number of anilines is 2. The second-order valence-electron chi connectivity index (χ2n) is 8.84. The van der Waals surface area contributed by atoms with Gasteiger partial charge in [0.25, 0.3) is 11.8 Å². The minimum absolute atomic E-state index is 0.111. The number of amides is 3. The minimum Gasteiger partial charge on any atom is -0.360 e. The van der Waals surface area contributed by atoms with Crippen molar-refractivity contribution in [2.75, 3.05) is 10.6 Å². The maximum absolute atomic E-state index is 13.2. The third-order valence-corrected chi connectivity index (χ3v) is 6.70. The standard InChI is InChI=1S/C30H28N4O4S/c1-19-9-11-22(12-10-19)18-26(32-29(36)23-7-5-4-6-8-23)30(37)31-24-13-15-25(16-14-24)39-21(3)28(35)33-27-17-20(2)38-34-27/h4-18,21H,1-3H3,(H,31,37)(H,32,36)(H,33,34,35)/b26-18-/t21-/m1/s1. The van der Waals surface area contributed by atoms with E-state index in [1.54, 1.807) is 62.4 Å². The van der Waals surface area contributed by atoms with E-state index >= 15 is 0 Å². The molecule has 9 heteroatoms. The highest BCUT2D eigenvalue weighted by atomic mass is 32.2. The summed E-state index contributed by atoms with van der Waals surface area (Å²) < 4.78 is 4.97. The first-order chi connectivity index (χ1) is 18.8. The lowest BCUT2D eigenvalue weighted by molar-refractivity contribution is -0.115. The van der Waals surface area contributed by atoms with E-state index in [-0.39, 0.29) is 22.8 Å². The second-order valence-corrected chi connectivity index (χ2v) is 10.3. The van der Waals surface area contributed by atoms with Crippen molar-refractivity contribution in [3.8, 4) is 0 Å². The molecule has 0 aliphatic rings. The summed E-state index contributed by atoms with van der Waals surface area (Å²) >= 11 is 1.37. The number of carbonyl (C=O) groups is 3. The Hall–Kier alpha value is -4.63. The Morgan fingerprint density at radius 2 is 1.59 bits per heavy atom. The predicted molar refractivity (Wildman–Crippen MR) is 153 cm³/mol. The molecule has 4 aromatic rings. The van der Waals surface area contributed by atoms with Crippen LogP contribution in [0.25, 0.3) is 6.08 Å². The van der Waals surface area contributed by atoms with Crippen molar-refractivity contribution in [1.82, 2.24) is 10.5 Å². The molecule has 0 saturated carbocycles. The van der Waals surface area contributed by atoms with E-state index in [1.807, 2.05) is 49.4 Å². The Balaban J connectivity index is 1.43. The first kappa shape index (κ1) is 27.4. The van der Waals surface area contributed by atoms with E-state index in [1.165, 1.54) is 11.8 Å². The zero-order valence-corrected chi connectivity index (χ0v) is 22.5. The number of nitrogens with one attached hydrogen (secondary N) is 3. The van der Waals surface area contributed by atoms with Crippen LogP contribution < -0.4 is 16.0 Å². The van der Waals surface area contributed by atoms with Crippen molar-refractivity contribution >= 4 is 47.1 Å². The Morgan fingerprint density at radius 1 is 0.897 bits per heavy atom. The summed E-state index contributed by atoms with van der Waals surface area (Å²) in [6, 6.07) is 25.1. The van der Waals surface area contributed by atoms with E-state index in [4.69, 9.17) is 4.52 Å². The van der Waals surface area contributed by atoms with Crippen LogP contribution in [0.15, 0.2) is 100 Å². The average molecular weight is 541 g/mol. The lowest BCUT2D eigenvalue weighted by atomic mass is 10.1. The van der Waals surface area contributed by atoms with Crippen LogP contribution in [0.1, 0.15) is 34.2 Å². The van der Waals surface area contributed by atoms with Crippen molar-refractivity contribution in [2.24, 2.45) is 0 Å². The van der Waals surface area contributed by atoms with E-state index in [0.717, 1.165) is 16.0 Å². The molecule has 4 rings (SSSR count). The lowest BCUT2D eigenvalue weighted by Crippen LogP contribution is -2.30. The summed E-state index contributed by atoms with van der Waals surface area (Å²) in [5.41, 5.74) is 2.96. The number of nitrogens with zero attached hydrogens (tertiary/aromatic N) is 1. The summed E-state index contributed by atoms with van der Waals surface area (Å²) in [6.45, 7) is 5.52. The number of hydrogen-bond donors (Lipinski definition) is 3. The molecular weight excluding hydrogens is 512 g/mol. The molecule has 0 fully saturated rings. The fourth-order valence-electron chi connectivity index (χ4n) is 3.50. The highest BCUT2D eigenvalue weighted by molar-refractivity contribution is 8.00. The summed E-state index contributed by atoms with van der Waals surface area (Å²) in [7, 11) is 0. The van der Waals surface area contributed by atoms with Gasteiger partial charge in [-0.1, -0.05) is 53.2 Å². The summed E-state index contributed by atoms with van der Waals surface area (Å²) in [5.74, 6) is -0.0675. The molecule has 3 aromatic carbocycles. The third-order valence-electron chi connectivity index (χ3n) is 5.59. The van der Waals surface area contributed by atoms with Crippen LogP contribution in [0.4, 0.5) is 11.5 Å². The van der Waals surface area contributed by atoms with Gasteiger partial charge in [0.15, 0.2) is 5.82 Å². The zero-order chi connectivity index (χ0) is 27.8.